The zero-order valence-corrected chi connectivity index (χ0v) is 19.2. The second-order valence-corrected chi connectivity index (χ2v) is 7.46. The van der Waals surface area contributed by atoms with Gasteiger partial charge in [0, 0.05) is 0 Å². The average Bonchev–Trinajstić information content (AvgIpc) is 2.76. The van der Waals surface area contributed by atoms with Gasteiger partial charge in [-0.1, -0.05) is 30.3 Å². The molecular formula is C23H25BrN2O5. The van der Waals surface area contributed by atoms with Gasteiger partial charge in [0.15, 0.2) is 11.5 Å². The number of esters is 1. The van der Waals surface area contributed by atoms with Crippen molar-refractivity contribution >= 4 is 33.6 Å². The first kappa shape index (κ1) is 22.7. The molecule has 3 rings (SSSR count). The molecular weight excluding hydrogens is 464 g/mol. The lowest BCUT2D eigenvalue weighted by molar-refractivity contribution is -0.138. The first-order valence-corrected chi connectivity index (χ1v) is 10.9. The highest BCUT2D eigenvalue weighted by molar-refractivity contribution is 9.10. The Kier molecular flexibility index (Phi) is 7.57. The Bertz CT molecular complexity index is 991. The Morgan fingerprint density at radius 1 is 1.03 bits per heavy atom. The lowest BCUT2D eigenvalue weighted by atomic mass is 9.92. The summed E-state index contributed by atoms with van der Waals surface area (Å²) in [6.07, 6.45) is 0. The van der Waals surface area contributed by atoms with Gasteiger partial charge >= 0.3 is 12.0 Å². The fourth-order valence-corrected chi connectivity index (χ4v) is 3.95. The first-order valence-electron chi connectivity index (χ1n) is 10.1. The Labute approximate surface area is 189 Å². The average molecular weight is 489 g/mol. The molecule has 0 fully saturated rings. The van der Waals surface area contributed by atoms with E-state index in [0.29, 0.717) is 51.6 Å². The molecule has 2 aromatic rings. The van der Waals surface area contributed by atoms with Crippen molar-refractivity contribution in [1.29, 1.82) is 0 Å². The molecule has 1 aliphatic heterocycles. The van der Waals surface area contributed by atoms with Gasteiger partial charge in [0.1, 0.15) is 0 Å². The van der Waals surface area contributed by atoms with E-state index in [0.717, 1.165) is 0 Å². The van der Waals surface area contributed by atoms with Crippen LogP contribution in [0.5, 0.6) is 11.5 Å². The molecule has 0 saturated heterocycles. The summed E-state index contributed by atoms with van der Waals surface area (Å²) in [6.45, 7) is 6.61. The van der Waals surface area contributed by atoms with Crippen LogP contribution in [-0.2, 0) is 9.53 Å². The molecule has 0 aliphatic carbocycles. The molecule has 2 N–H and O–H groups in total. The minimum absolute atomic E-state index is 0.211. The Morgan fingerprint density at radius 2 is 1.74 bits per heavy atom. The normalized spacial score (nSPS) is 15.7. The van der Waals surface area contributed by atoms with Crippen molar-refractivity contribution in [2.45, 2.75) is 26.8 Å². The molecule has 0 radical (unpaired) electrons. The lowest BCUT2D eigenvalue weighted by Gasteiger charge is -2.30. The number of halogens is 1. The van der Waals surface area contributed by atoms with Gasteiger partial charge in [0.25, 0.3) is 0 Å². The van der Waals surface area contributed by atoms with Gasteiger partial charge < -0.3 is 24.8 Å². The third kappa shape index (κ3) is 5.02. The van der Waals surface area contributed by atoms with Gasteiger partial charge in [0.05, 0.1) is 41.6 Å². The van der Waals surface area contributed by atoms with E-state index in [4.69, 9.17) is 14.2 Å². The molecule has 0 bridgehead atoms. The van der Waals surface area contributed by atoms with Crippen LogP contribution < -0.4 is 20.1 Å². The van der Waals surface area contributed by atoms with E-state index < -0.39 is 18.0 Å². The molecule has 1 aliphatic rings. The third-order valence-corrected chi connectivity index (χ3v) is 5.17. The van der Waals surface area contributed by atoms with E-state index >= 15 is 0 Å². The van der Waals surface area contributed by atoms with Crippen LogP contribution in [0.25, 0.3) is 5.70 Å². The lowest BCUT2D eigenvalue weighted by Crippen LogP contribution is -2.45. The molecule has 0 saturated carbocycles. The van der Waals surface area contributed by atoms with Crippen LogP contribution in [0.1, 0.15) is 37.9 Å². The Hall–Kier alpha value is -3.00. The van der Waals surface area contributed by atoms with Crippen molar-refractivity contribution in [2.24, 2.45) is 0 Å². The van der Waals surface area contributed by atoms with Crippen LogP contribution in [0.4, 0.5) is 4.79 Å². The summed E-state index contributed by atoms with van der Waals surface area (Å²) in [7, 11) is 0. The zero-order valence-electron chi connectivity index (χ0n) is 17.7. The summed E-state index contributed by atoms with van der Waals surface area (Å²) in [6, 6.07) is 11.6. The molecule has 1 heterocycles. The molecule has 2 amide bonds. The smallest absolute Gasteiger partial charge is 0.338 e. The Balaban J connectivity index is 2.19. The third-order valence-electron chi connectivity index (χ3n) is 4.58. The highest BCUT2D eigenvalue weighted by Gasteiger charge is 2.35. The van der Waals surface area contributed by atoms with E-state index in [2.05, 4.69) is 26.6 Å². The van der Waals surface area contributed by atoms with Crippen LogP contribution in [0.15, 0.2) is 52.5 Å². The molecule has 8 heteroatoms. The standard InChI is InChI=1S/C23H25BrN2O5/c1-4-29-17-13-15(12-16(24)21(17)30-5-2)20-18(22(27)31-6-3)19(25-23(28)26-20)14-10-8-7-9-11-14/h7-13,20H,4-6H2,1-3H3,(H2,25,26,28)/t20-/m1/s1. The molecule has 0 unspecified atom stereocenters. The second-order valence-electron chi connectivity index (χ2n) is 6.60. The SMILES string of the molecule is CCOC(=O)C1=C(c2ccccc2)NC(=O)N[C@@H]1c1cc(Br)c(OCC)c(OCC)c1. The quantitative estimate of drug-likeness (QED) is 0.531. The van der Waals surface area contributed by atoms with Crippen LogP contribution in [-0.4, -0.2) is 31.8 Å². The van der Waals surface area contributed by atoms with Crippen LogP contribution >= 0.6 is 15.9 Å². The predicted molar refractivity (Wildman–Crippen MR) is 121 cm³/mol. The van der Waals surface area contributed by atoms with Crippen molar-refractivity contribution < 1.29 is 23.8 Å². The highest BCUT2D eigenvalue weighted by Crippen LogP contribution is 2.41. The number of benzene rings is 2. The predicted octanol–water partition coefficient (Wildman–Crippen LogP) is 4.57. The van der Waals surface area contributed by atoms with Crippen molar-refractivity contribution in [3.63, 3.8) is 0 Å². The van der Waals surface area contributed by atoms with Crippen molar-refractivity contribution in [1.82, 2.24) is 10.6 Å². The van der Waals surface area contributed by atoms with E-state index in [-0.39, 0.29) is 6.61 Å². The maximum Gasteiger partial charge on any atom is 0.338 e. The first-order chi connectivity index (χ1) is 15.0. The molecule has 0 spiro atoms. The number of nitrogens with one attached hydrogen (secondary N) is 2. The minimum Gasteiger partial charge on any atom is -0.490 e. The maximum absolute atomic E-state index is 13.0. The second kappa shape index (κ2) is 10.3. The summed E-state index contributed by atoms with van der Waals surface area (Å²) in [4.78, 5) is 25.5. The summed E-state index contributed by atoms with van der Waals surface area (Å²) >= 11 is 3.53. The zero-order chi connectivity index (χ0) is 22.4. The number of ether oxygens (including phenoxy) is 3. The molecule has 164 valence electrons. The summed E-state index contributed by atoms with van der Waals surface area (Å²) in [5.41, 5.74) is 2.09. The number of hydrogen-bond acceptors (Lipinski definition) is 5. The molecule has 0 aromatic heterocycles. The van der Waals surface area contributed by atoms with Crippen LogP contribution in [0.2, 0.25) is 0 Å². The van der Waals surface area contributed by atoms with Crippen LogP contribution in [0.3, 0.4) is 0 Å². The van der Waals surface area contributed by atoms with Gasteiger partial charge in [-0.3, -0.25) is 0 Å². The summed E-state index contributed by atoms with van der Waals surface area (Å²) in [5, 5.41) is 5.61. The number of carbonyl (C=O) groups excluding carboxylic acids is 2. The van der Waals surface area contributed by atoms with Crippen molar-refractivity contribution in [3.8, 4) is 11.5 Å². The summed E-state index contributed by atoms with van der Waals surface area (Å²) < 4.78 is 17.5. The Morgan fingerprint density at radius 3 is 2.39 bits per heavy atom. The van der Waals surface area contributed by atoms with Crippen LogP contribution in [0, 0.1) is 0 Å². The number of urea groups is 1. The molecule has 1 atom stereocenters. The van der Waals surface area contributed by atoms with Gasteiger partial charge in [0.2, 0.25) is 0 Å². The largest absolute Gasteiger partial charge is 0.490 e. The summed E-state index contributed by atoms with van der Waals surface area (Å²) in [5.74, 6) is 0.575. The topological polar surface area (TPSA) is 85.9 Å². The minimum atomic E-state index is -0.741. The maximum atomic E-state index is 13.0. The van der Waals surface area contributed by atoms with Crippen molar-refractivity contribution in [3.05, 3.63) is 63.6 Å². The number of rotatable bonds is 8. The fourth-order valence-electron chi connectivity index (χ4n) is 3.38. The van der Waals surface area contributed by atoms with Crippen molar-refractivity contribution in [2.75, 3.05) is 19.8 Å². The molecule has 2 aromatic carbocycles. The van der Waals surface area contributed by atoms with E-state index in [9.17, 15) is 9.59 Å². The van der Waals surface area contributed by atoms with E-state index in [1.165, 1.54) is 0 Å². The van der Waals surface area contributed by atoms with E-state index in [1.807, 2.05) is 50.2 Å². The monoisotopic (exact) mass is 488 g/mol. The van der Waals surface area contributed by atoms with Gasteiger partial charge in [-0.2, -0.15) is 0 Å². The number of carbonyl (C=O) groups is 2. The van der Waals surface area contributed by atoms with Gasteiger partial charge in [-0.15, -0.1) is 0 Å². The van der Waals surface area contributed by atoms with Gasteiger partial charge in [-0.05, 0) is 60.0 Å². The number of amides is 2. The number of hydrogen-bond donors (Lipinski definition) is 2. The van der Waals surface area contributed by atoms with Gasteiger partial charge in [-0.25, -0.2) is 9.59 Å². The molecule has 7 nitrogen and oxygen atoms in total. The molecule has 31 heavy (non-hydrogen) atoms. The van der Waals surface area contributed by atoms with E-state index in [1.54, 1.807) is 13.0 Å². The fraction of sp³-hybridized carbons (Fsp3) is 0.304. The highest BCUT2D eigenvalue weighted by atomic mass is 79.9.